The summed E-state index contributed by atoms with van der Waals surface area (Å²) in [5, 5.41) is 0. The molecule has 0 bridgehead atoms. The molecule has 0 saturated carbocycles. The van der Waals surface area contributed by atoms with Crippen molar-refractivity contribution in [1.82, 2.24) is 4.90 Å². The number of carbonyl (C=O) groups is 2. The number of amides is 1. The predicted octanol–water partition coefficient (Wildman–Crippen LogP) is 4.85. The van der Waals surface area contributed by atoms with Crippen LogP contribution in [0, 0.1) is 27.7 Å². The Bertz CT molecular complexity index is 1260. The Morgan fingerprint density at radius 3 is 1.90 bits per heavy atom. The van der Waals surface area contributed by atoms with Crippen molar-refractivity contribution in [2.24, 2.45) is 0 Å². The molecule has 0 unspecified atom stereocenters. The molecule has 3 rings (SSSR count). The maximum absolute atomic E-state index is 13.6. The summed E-state index contributed by atoms with van der Waals surface area (Å²) in [6.07, 6.45) is 1.85. The van der Waals surface area contributed by atoms with Crippen molar-refractivity contribution in [3.8, 4) is 0 Å². The zero-order valence-electron chi connectivity index (χ0n) is 24.9. The normalized spacial score (nSPS) is 11.2. The van der Waals surface area contributed by atoms with Crippen LogP contribution < -0.4 is 17.0 Å². The van der Waals surface area contributed by atoms with Crippen LogP contribution in [-0.4, -0.2) is 53.8 Å². The SMILES string of the molecule is CC[N+](CC)(CCCCN(Cc1cc(C)cc(C)c1)C(=O)c1cccc(Br)c1)CC(=O)c1cc(C)cc(C)c1.[Br-]. The maximum atomic E-state index is 13.6. The molecule has 0 aliphatic heterocycles. The minimum Gasteiger partial charge on any atom is -1.00 e. The van der Waals surface area contributed by atoms with E-state index in [4.69, 9.17) is 0 Å². The standard InChI is InChI=1S/C34H44BrN2O2.BrH/c1-7-37(8-2,24-33(38)31-20-27(5)17-28(6)21-31)15-10-9-14-36(23-29-18-25(3)16-26(4)19-29)34(39)30-12-11-13-32(35)22-30;/h11-13,16-22H,7-10,14-15,23-24H2,1-6H3;1H/q+1;/p-1. The van der Waals surface area contributed by atoms with E-state index in [1.165, 1.54) is 11.1 Å². The lowest BCUT2D eigenvalue weighted by molar-refractivity contribution is -0.917. The van der Waals surface area contributed by atoms with Gasteiger partial charge in [0, 0.05) is 28.7 Å². The van der Waals surface area contributed by atoms with Gasteiger partial charge in [-0.2, -0.15) is 0 Å². The lowest BCUT2D eigenvalue weighted by Crippen LogP contribution is -3.00. The first kappa shape index (κ1) is 33.9. The Morgan fingerprint density at radius 2 is 1.35 bits per heavy atom. The molecule has 3 aromatic rings. The number of aryl methyl sites for hydroxylation is 4. The molecule has 0 heterocycles. The van der Waals surface area contributed by atoms with Crippen molar-refractivity contribution in [2.75, 3.05) is 32.7 Å². The number of nitrogens with zero attached hydrogens (tertiary/aromatic N) is 2. The van der Waals surface area contributed by atoms with Crippen LogP contribution in [0.2, 0.25) is 0 Å². The molecule has 40 heavy (non-hydrogen) atoms. The van der Waals surface area contributed by atoms with E-state index >= 15 is 0 Å². The highest BCUT2D eigenvalue weighted by Crippen LogP contribution is 2.19. The molecule has 216 valence electrons. The molecular weight excluding hydrogens is 628 g/mol. The largest absolute Gasteiger partial charge is 1.00 e. The fourth-order valence-electron chi connectivity index (χ4n) is 5.56. The van der Waals surface area contributed by atoms with E-state index in [0.717, 1.165) is 63.7 Å². The summed E-state index contributed by atoms with van der Waals surface area (Å²) in [5.74, 6) is 0.263. The Kier molecular flexibility index (Phi) is 13.3. The molecule has 0 aliphatic carbocycles. The number of carbonyl (C=O) groups excluding carboxylic acids is 2. The monoisotopic (exact) mass is 670 g/mol. The zero-order chi connectivity index (χ0) is 28.6. The number of hydrogen-bond acceptors (Lipinski definition) is 2. The van der Waals surface area contributed by atoms with Gasteiger partial charge in [-0.25, -0.2) is 0 Å². The smallest absolute Gasteiger partial charge is 0.254 e. The summed E-state index contributed by atoms with van der Waals surface area (Å²) in [6, 6.07) is 20.3. The topological polar surface area (TPSA) is 37.4 Å². The van der Waals surface area contributed by atoms with E-state index in [1.807, 2.05) is 55.1 Å². The average Bonchev–Trinajstić information content (AvgIpc) is 2.88. The van der Waals surface area contributed by atoms with Gasteiger partial charge >= 0.3 is 0 Å². The van der Waals surface area contributed by atoms with Crippen LogP contribution in [-0.2, 0) is 6.54 Å². The third-order valence-electron chi connectivity index (χ3n) is 7.69. The molecule has 0 spiro atoms. The van der Waals surface area contributed by atoms with Gasteiger partial charge in [-0.05, 0) is 90.3 Å². The summed E-state index contributed by atoms with van der Waals surface area (Å²) in [5.41, 5.74) is 7.34. The van der Waals surface area contributed by atoms with E-state index in [1.54, 1.807) is 0 Å². The van der Waals surface area contributed by atoms with Crippen molar-refractivity contribution in [3.05, 3.63) is 104 Å². The van der Waals surface area contributed by atoms with E-state index < -0.39 is 0 Å². The number of rotatable bonds is 13. The molecule has 1 amide bonds. The van der Waals surface area contributed by atoms with Crippen LogP contribution in [0.5, 0.6) is 0 Å². The number of likely N-dealkylation sites (N-methyl/N-ethyl adjacent to an activating group) is 1. The Balaban J connectivity index is 0.00000560. The fourth-order valence-corrected chi connectivity index (χ4v) is 5.96. The second-order valence-electron chi connectivity index (χ2n) is 11.1. The first-order valence-corrected chi connectivity index (χ1v) is 14.9. The molecule has 0 fully saturated rings. The van der Waals surface area contributed by atoms with Gasteiger partial charge < -0.3 is 26.4 Å². The number of quaternary nitrogens is 1. The Morgan fingerprint density at radius 1 is 0.775 bits per heavy atom. The number of benzene rings is 3. The quantitative estimate of drug-likeness (QED) is 0.148. The zero-order valence-corrected chi connectivity index (χ0v) is 28.1. The molecule has 6 heteroatoms. The third-order valence-corrected chi connectivity index (χ3v) is 8.18. The van der Waals surface area contributed by atoms with Crippen molar-refractivity contribution >= 4 is 27.6 Å². The second kappa shape index (κ2) is 15.6. The van der Waals surface area contributed by atoms with Crippen LogP contribution in [0.1, 0.15) is 75.2 Å². The van der Waals surface area contributed by atoms with Crippen LogP contribution in [0.15, 0.2) is 65.1 Å². The second-order valence-corrected chi connectivity index (χ2v) is 12.0. The van der Waals surface area contributed by atoms with E-state index in [-0.39, 0.29) is 28.7 Å². The summed E-state index contributed by atoms with van der Waals surface area (Å²) >= 11 is 3.51. The third kappa shape index (κ3) is 9.67. The van der Waals surface area contributed by atoms with Gasteiger partial charge in [-0.1, -0.05) is 68.5 Å². The van der Waals surface area contributed by atoms with Gasteiger partial charge in [0.15, 0.2) is 0 Å². The van der Waals surface area contributed by atoms with Gasteiger partial charge in [-0.15, -0.1) is 0 Å². The molecular formula is C34H44Br2N2O2. The van der Waals surface area contributed by atoms with Gasteiger partial charge in [0.05, 0.1) is 19.6 Å². The van der Waals surface area contributed by atoms with Gasteiger partial charge in [0.2, 0.25) is 5.78 Å². The summed E-state index contributed by atoms with van der Waals surface area (Å²) in [7, 11) is 0. The van der Waals surface area contributed by atoms with Crippen molar-refractivity contribution in [3.63, 3.8) is 0 Å². The molecule has 0 atom stereocenters. The average molecular weight is 673 g/mol. The lowest BCUT2D eigenvalue weighted by atomic mass is 10.0. The van der Waals surface area contributed by atoms with Crippen molar-refractivity contribution in [1.29, 1.82) is 0 Å². The maximum Gasteiger partial charge on any atom is 0.254 e. The predicted molar refractivity (Wildman–Crippen MR) is 165 cm³/mol. The summed E-state index contributed by atoms with van der Waals surface area (Å²) < 4.78 is 1.67. The van der Waals surface area contributed by atoms with Crippen LogP contribution in [0.3, 0.4) is 0 Å². The molecule has 0 radical (unpaired) electrons. The van der Waals surface area contributed by atoms with Crippen molar-refractivity contribution < 1.29 is 31.1 Å². The van der Waals surface area contributed by atoms with Crippen molar-refractivity contribution in [2.45, 2.75) is 60.9 Å². The highest BCUT2D eigenvalue weighted by atomic mass is 79.9. The molecule has 4 nitrogen and oxygen atoms in total. The van der Waals surface area contributed by atoms with Crippen LogP contribution >= 0.6 is 15.9 Å². The highest BCUT2D eigenvalue weighted by Gasteiger charge is 2.27. The fraction of sp³-hybridized carbons (Fsp3) is 0.412. The highest BCUT2D eigenvalue weighted by molar-refractivity contribution is 9.10. The molecule has 0 aliphatic rings. The van der Waals surface area contributed by atoms with Crippen LogP contribution in [0.25, 0.3) is 0 Å². The molecule has 0 aromatic heterocycles. The van der Waals surface area contributed by atoms with E-state index in [2.05, 4.69) is 67.9 Å². The minimum absolute atomic E-state index is 0. The molecule has 0 saturated heterocycles. The number of unbranched alkanes of at least 4 members (excludes halogenated alkanes) is 1. The molecule has 3 aromatic carbocycles. The summed E-state index contributed by atoms with van der Waals surface area (Å²) in [6.45, 7) is 17.2. The van der Waals surface area contributed by atoms with Gasteiger partial charge in [0.1, 0.15) is 6.54 Å². The first-order chi connectivity index (χ1) is 18.5. The number of Topliss-reactive ketones (excluding diaryl/α,β-unsaturated/α-hetero) is 1. The number of halogens is 2. The lowest BCUT2D eigenvalue weighted by Gasteiger charge is -2.36. The Labute approximate surface area is 260 Å². The van der Waals surface area contributed by atoms with Gasteiger partial charge in [0.25, 0.3) is 5.91 Å². The number of ketones is 1. The van der Waals surface area contributed by atoms with Crippen LogP contribution in [0.4, 0.5) is 0 Å². The summed E-state index contributed by atoms with van der Waals surface area (Å²) in [4.78, 5) is 28.8. The molecule has 0 N–H and O–H groups in total. The van der Waals surface area contributed by atoms with E-state index in [0.29, 0.717) is 25.2 Å². The van der Waals surface area contributed by atoms with Gasteiger partial charge in [-0.3, -0.25) is 9.59 Å². The Hall–Kier alpha value is -2.28. The minimum atomic E-state index is 0. The van der Waals surface area contributed by atoms with E-state index in [9.17, 15) is 9.59 Å². The number of hydrogen-bond donors (Lipinski definition) is 0. The first-order valence-electron chi connectivity index (χ1n) is 14.1.